The van der Waals surface area contributed by atoms with Crippen molar-refractivity contribution in [1.29, 1.82) is 0 Å². The zero-order chi connectivity index (χ0) is 16.1. The number of carbonyl (C=O) groups is 2. The second-order valence-corrected chi connectivity index (χ2v) is 5.08. The van der Waals surface area contributed by atoms with Crippen LogP contribution in [0.15, 0.2) is 24.3 Å². The van der Waals surface area contributed by atoms with Gasteiger partial charge in [0.05, 0.1) is 5.69 Å². The second-order valence-electron chi connectivity index (χ2n) is 4.32. The van der Waals surface area contributed by atoms with Crippen molar-refractivity contribution in [2.24, 2.45) is 0 Å². The van der Waals surface area contributed by atoms with Crippen molar-refractivity contribution in [3.05, 3.63) is 40.7 Å². The summed E-state index contributed by atoms with van der Waals surface area (Å²) in [6, 6.07) is 5.73. The lowest BCUT2D eigenvalue weighted by atomic mass is 10.3. The van der Waals surface area contributed by atoms with Crippen LogP contribution >= 0.6 is 11.5 Å². The van der Waals surface area contributed by atoms with Gasteiger partial charge in [0, 0.05) is 0 Å². The lowest BCUT2D eigenvalue weighted by Gasteiger charge is -2.15. The van der Waals surface area contributed by atoms with Crippen LogP contribution in [0.2, 0.25) is 0 Å². The highest BCUT2D eigenvalue weighted by Gasteiger charge is 2.19. The third-order valence-corrected chi connectivity index (χ3v) is 3.49. The Morgan fingerprint density at radius 3 is 2.68 bits per heavy atom. The molecule has 1 aromatic carbocycles. The maximum absolute atomic E-state index is 13.4. The number of nitrogens with one attached hydrogen (secondary N) is 2. The van der Waals surface area contributed by atoms with E-state index in [9.17, 15) is 14.0 Å². The SMILES string of the molecule is Cc1nnsc1C(=O)NNC(=O)[C@H](C)Oc1ccccc1F. The van der Waals surface area contributed by atoms with E-state index in [4.69, 9.17) is 4.74 Å². The minimum absolute atomic E-state index is 0.0426. The van der Waals surface area contributed by atoms with E-state index in [1.165, 1.54) is 25.1 Å². The van der Waals surface area contributed by atoms with Gasteiger partial charge in [0.1, 0.15) is 4.88 Å². The number of nitrogens with zero attached hydrogens (tertiary/aromatic N) is 2. The summed E-state index contributed by atoms with van der Waals surface area (Å²) >= 11 is 0.917. The van der Waals surface area contributed by atoms with Gasteiger partial charge < -0.3 is 4.74 Å². The van der Waals surface area contributed by atoms with E-state index >= 15 is 0 Å². The molecule has 2 aromatic rings. The highest BCUT2D eigenvalue weighted by molar-refractivity contribution is 7.07. The number of amides is 2. The number of carbonyl (C=O) groups excluding carboxylic acids is 2. The lowest BCUT2D eigenvalue weighted by molar-refractivity contribution is -0.128. The molecule has 0 saturated heterocycles. The van der Waals surface area contributed by atoms with Gasteiger partial charge in [0.25, 0.3) is 11.8 Å². The molecule has 0 radical (unpaired) electrons. The minimum atomic E-state index is -0.988. The van der Waals surface area contributed by atoms with Crippen LogP contribution in [-0.2, 0) is 4.79 Å². The topological polar surface area (TPSA) is 93.2 Å². The Bertz CT molecular complexity index is 691. The summed E-state index contributed by atoms with van der Waals surface area (Å²) in [6.07, 6.45) is -0.988. The monoisotopic (exact) mass is 324 g/mol. The molecule has 2 rings (SSSR count). The summed E-state index contributed by atoms with van der Waals surface area (Å²) in [6.45, 7) is 3.07. The summed E-state index contributed by atoms with van der Waals surface area (Å²) in [5, 5.41) is 3.69. The van der Waals surface area contributed by atoms with Crippen molar-refractivity contribution in [3.63, 3.8) is 0 Å². The molecular weight excluding hydrogens is 311 g/mol. The molecule has 9 heteroatoms. The zero-order valence-corrected chi connectivity index (χ0v) is 12.6. The summed E-state index contributed by atoms with van der Waals surface area (Å²) in [7, 11) is 0. The van der Waals surface area contributed by atoms with Crippen LogP contribution in [0.1, 0.15) is 22.3 Å². The Morgan fingerprint density at radius 1 is 1.32 bits per heavy atom. The molecule has 0 aliphatic rings. The molecule has 0 spiro atoms. The molecule has 0 aliphatic carbocycles. The molecule has 0 aliphatic heterocycles. The number of rotatable bonds is 4. The first kappa shape index (κ1) is 15.8. The number of hydrogen-bond acceptors (Lipinski definition) is 6. The Kier molecular flexibility index (Phi) is 4.99. The van der Waals surface area contributed by atoms with Crippen LogP contribution in [0.3, 0.4) is 0 Å². The van der Waals surface area contributed by atoms with E-state index < -0.39 is 23.7 Å². The van der Waals surface area contributed by atoms with Gasteiger partial charge in [-0.3, -0.25) is 20.4 Å². The van der Waals surface area contributed by atoms with Crippen LogP contribution in [0.5, 0.6) is 5.75 Å². The highest BCUT2D eigenvalue weighted by Crippen LogP contribution is 2.16. The van der Waals surface area contributed by atoms with Gasteiger partial charge in [-0.05, 0) is 37.5 Å². The lowest BCUT2D eigenvalue weighted by Crippen LogP contribution is -2.47. The van der Waals surface area contributed by atoms with Crippen molar-refractivity contribution in [3.8, 4) is 5.75 Å². The fourth-order valence-corrected chi connectivity index (χ4v) is 2.05. The van der Waals surface area contributed by atoms with E-state index in [1.807, 2.05) is 0 Å². The molecule has 0 bridgehead atoms. The third kappa shape index (κ3) is 3.76. The fourth-order valence-electron chi connectivity index (χ4n) is 1.50. The average Bonchev–Trinajstić information content (AvgIpc) is 2.93. The molecule has 0 unspecified atom stereocenters. The van der Waals surface area contributed by atoms with Gasteiger partial charge in [0.2, 0.25) is 0 Å². The van der Waals surface area contributed by atoms with Crippen molar-refractivity contribution in [2.75, 3.05) is 0 Å². The fraction of sp³-hybridized carbons (Fsp3) is 0.231. The van der Waals surface area contributed by atoms with Crippen molar-refractivity contribution < 1.29 is 18.7 Å². The normalized spacial score (nSPS) is 11.6. The predicted octanol–water partition coefficient (Wildman–Crippen LogP) is 1.21. The molecule has 2 N–H and O–H groups in total. The van der Waals surface area contributed by atoms with Gasteiger partial charge in [-0.25, -0.2) is 4.39 Å². The molecule has 0 saturated carbocycles. The Hall–Kier alpha value is -2.55. The number of aromatic nitrogens is 2. The molecule has 1 atom stereocenters. The minimum Gasteiger partial charge on any atom is -0.478 e. The highest BCUT2D eigenvalue weighted by atomic mass is 32.1. The van der Waals surface area contributed by atoms with Crippen LogP contribution in [0.25, 0.3) is 0 Å². The van der Waals surface area contributed by atoms with Gasteiger partial charge in [-0.2, -0.15) is 0 Å². The van der Waals surface area contributed by atoms with Gasteiger partial charge in [0.15, 0.2) is 17.7 Å². The smallest absolute Gasteiger partial charge is 0.283 e. The molecule has 2 amide bonds. The van der Waals surface area contributed by atoms with E-state index in [1.54, 1.807) is 13.0 Å². The number of aryl methyl sites for hydroxylation is 1. The van der Waals surface area contributed by atoms with Crippen LogP contribution in [-0.4, -0.2) is 27.5 Å². The average molecular weight is 324 g/mol. The first-order chi connectivity index (χ1) is 10.5. The number of halogens is 1. The Balaban J connectivity index is 1.88. The molecule has 1 heterocycles. The van der Waals surface area contributed by atoms with E-state index in [2.05, 4.69) is 20.4 Å². The van der Waals surface area contributed by atoms with Gasteiger partial charge in [-0.1, -0.05) is 16.6 Å². The number of hydrogen-bond donors (Lipinski definition) is 2. The number of benzene rings is 1. The summed E-state index contributed by atoms with van der Waals surface area (Å²) in [5.41, 5.74) is 4.89. The number of para-hydroxylation sites is 1. The summed E-state index contributed by atoms with van der Waals surface area (Å²) < 4.78 is 22.2. The maximum Gasteiger partial charge on any atom is 0.283 e. The molecule has 7 nitrogen and oxygen atoms in total. The van der Waals surface area contributed by atoms with Crippen LogP contribution in [0.4, 0.5) is 4.39 Å². The van der Waals surface area contributed by atoms with Crippen molar-refractivity contribution >= 4 is 23.3 Å². The van der Waals surface area contributed by atoms with Crippen molar-refractivity contribution in [2.45, 2.75) is 20.0 Å². The first-order valence-electron chi connectivity index (χ1n) is 6.29. The van der Waals surface area contributed by atoms with Crippen molar-refractivity contribution in [1.82, 2.24) is 20.4 Å². The number of ether oxygens (including phenoxy) is 1. The first-order valence-corrected chi connectivity index (χ1v) is 7.06. The molecular formula is C13H13FN4O3S. The summed E-state index contributed by atoms with van der Waals surface area (Å²) in [5.74, 6) is -1.76. The van der Waals surface area contributed by atoms with Gasteiger partial charge in [-0.15, -0.1) is 5.10 Å². The van der Waals surface area contributed by atoms with Crippen LogP contribution < -0.4 is 15.6 Å². The standard InChI is InChI=1S/C13H13FN4O3S/c1-7-11(22-18-15-7)13(20)17-16-12(19)8(2)21-10-6-4-3-5-9(10)14/h3-6,8H,1-2H3,(H,16,19)(H,17,20)/t8-/m0/s1. The van der Waals surface area contributed by atoms with Gasteiger partial charge >= 0.3 is 0 Å². The Morgan fingerprint density at radius 2 is 2.05 bits per heavy atom. The molecule has 0 fully saturated rings. The van der Waals surface area contributed by atoms with Crippen LogP contribution in [0, 0.1) is 12.7 Å². The molecule has 22 heavy (non-hydrogen) atoms. The predicted molar refractivity (Wildman–Crippen MR) is 76.7 cm³/mol. The molecule has 116 valence electrons. The van der Waals surface area contributed by atoms with E-state index in [0.29, 0.717) is 10.6 Å². The quantitative estimate of drug-likeness (QED) is 0.825. The van der Waals surface area contributed by atoms with E-state index in [-0.39, 0.29) is 5.75 Å². The maximum atomic E-state index is 13.4. The zero-order valence-electron chi connectivity index (χ0n) is 11.8. The number of hydrazine groups is 1. The largest absolute Gasteiger partial charge is 0.478 e. The van der Waals surface area contributed by atoms with E-state index in [0.717, 1.165) is 11.5 Å². The second kappa shape index (κ2) is 6.94. The summed E-state index contributed by atoms with van der Waals surface area (Å²) in [4.78, 5) is 23.9. The Labute approximate surface area is 129 Å². The third-order valence-electron chi connectivity index (χ3n) is 2.67. The molecule has 1 aromatic heterocycles.